The highest BCUT2D eigenvalue weighted by Gasteiger charge is 2.22. The molecule has 0 unspecified atom stereocenters. The van der Waals surface area contributed by atoms with Crippen LogP contribution in [-0.2, 0) is 6.54 Å². The van der Waals surface area contributed by atoms with Crippen LogP contribution >= 0.6 is 11.3 Å². The van der Waals surface area contributed by atoms with Crippen LogP contribution in [0.5, 0.6) is 0 Å². The van der Waals surface area contributed by atoms with Crippen molar-refractivity contribution in [2.24, 2.45) is 0 Å². The molecular formula is C19H20N8OS. The van der Waals surface area contributed by atoms with Crippen LogP contribution in [0.3, 0.4) is 0 Å². The number of fused-ring (bicyclic) bond motifs is 1. The molecule has 148 valence electrons. The molecule has 0 N–H and O–H groups in total. The van der Waals surface area contributed by atoms with Crippen molar-refractivity contribution in [3.63, 3.8) is 0 Å². The molecule has 1 aliphatic rings. The lowest BCUT2D eigenvalue weighted by molar-refractivity contribution is 0.245. The van der Waals surface area contributed by atoms with Crippen molar-refractivity contribution in [3.8, 4) is 5.69 Å². The Hall–Kier alpha value is -3.11. The summed E-state index contributed by atoms with van der Waals surface area (Å²) < 4.78 is 3.36. The molecule has 0 bridgehead atoms. The molecule has 0 aliphatic carbocycles. The van der Waals surface area contributed by atoms with Crippen LogP contribution in [0.2, 0.25) is 0 Å². The second-order valence-electron chi connectivity index (χ2n) is 7.13. The van der Waals surface area contributed by atoms with Crippen LogP contribution in [0.25, 0.3) is 10.6 Å². The summed E-state index contributed by atoms with van der Waals surface area (Å²) in [5.74, 6) is 0.755. The average Bonchev–Trinajstić information content (AvgIpc) is 3.39. The highest BCUT2D eigenvalue weighted by molar-refractivity contribution is 7.15. The van der Waals surface area contributed by atoms with E-state index in [0.717, 1.165) is 48.5 Å². The zero-order chi connectivity index (χ0) is 19.8. The lowest BCUT2D eigenvalue weighted by Crippen LogP contribution is -2.47. The number of rotatable bonds is 4. The van der Waals surface area contributed by atoms with Crippen molar-refractivity contribution >= 4 is 22.2 Å². The van der Waals surface area contributed by atoms with Gasteiger partial charge in [0.05, 0.1) is 11.4 Å². The number of aryl methyl sites for hydroxylation is 1. The maximum atomic E-state index is 12.2. The van der Waals surface area contributed by atoms with Gasteiger partial charge < -0.3 is 4.90 Å². The Balaban J connectivity index is 1.28. The van der Waals surface area contributed by atoms with Crippen LogP contribution in [-0.4, -0.2) is 60.7 Å². The van der Waals surface area contributed by atoms with Gasteiger partial charge in [-0.1, -0.05) is 22.8 Å². The Kier molecular flexibility index (Phi) is 4.57. The standard InChI is InChI=1S/C19H20N8OS/c1-14-2-4-16(5-3-14)27-18(21-22-23-27)25-8-6-24(7-9-25)13-15-12-17(28)26-10-11-29-19(26)20-15/h2-5,10-12H,6-9,13H2,1H3. The third-order valence-electron chi connectivity index (χ3n) is 5.13. The molecule has 4 aromatic rings. The quantitative estimate of drug-likeness (QED) is 0.504. The summed E-state index contributed by atoms with van der Waals surface area (Å²) in [6.07, 6.45) is 1.76. The molecule has 1 aliphatic heterocycles. The number of tetrazole rings is 1. The van der Waals surface area contributed by atoms with Gasteiger partial charge in [-0.25, -0.2) is 4.98 Å². The molecular weight excluding hydrogens is 388 g/mol. The first-order valence-corrected chi connectivity index (χ1v) is 10.3. The Morgan fingerprint density at radius 3 is 2.69 bits per heavy atom. The molecule has 10 heteroatoms. The molecule has 9 nitrogen and oxygen atoms in total. The molecule has 0 amide bonds. The summed E-state index contributed by atoms with van der Waals surface area (Å²) >= 11 is 1.48. The summed E-state index contributed by atoms with van der Waals surface area (Å²) in [4.78, 5) is 22.0. The van der Waals surface area contributed by atoms with Gasteiger partial charge in [0.25, 0.3) is 5.56 Å². The second kappa shape index (κ2) is 7.37. The van der Waals surface area contributed by atoms with Crippen molar-refractivity contribution in [1.29, 1.82) is 0 Å². The van der Waals surface area contributed by atoms with Crippen molar-refractivity contribution in [2.45, 2.75) is 13.5 Å². The number of nitrogens with zero attached hydrogens (tertiary/aromatic N) is 8. The second-order valence-corrected chi connectivity index (χ2v) is 8.00. The van der Waals surface area contributed by atoms with Gasteiger partial charge in [-0.3, -0.25) is 14.1 Å². The van der Waals surface area contributed by atoms with E-state index in [1.165, 1.54) is 16.9 Å². The summed E-state index contributed by atoms with van der Waals surface area (Å²) in [6.45, 7) is 6.06. The molecule has 5 rings (SSSR count). The van der Waals surface area contributed by atoms with Gasteiger partial charge in [-0.05, 0) is 29.5 Å². The number of hydrogen-bond acceptors (Lipinski definition) is 8. The first kappa shape index (κ1) is 18.0. The van der Waals surface area contributed by atoms with Gasteiger partial charge in [-0.2, -0.15) is 4.68 Å². The third kappa shape index (κ3) is 3.52. The fourth-order valence-corrected chi connectivity index (χ4v) is 4.28. The highest BCUT2D eigenvalue weighted by atomic mass is 32.1. The number of anilines is 1. The third-order valence-corrected chi connectivity index (χ3v) is 5.89. The SMILES string of the molecule is Cc1ccc(-n2nnnc2N2CCN(Cc3cc(=O)n4ccsc4n3)CC2)cc1. The van der Waals surface area contributed by atoms with Crippen LogP contribution in [0.15, 0.2) is 46.7 Å². The minimum Gasteiger partial charge on any atom is -0.337 e. The van der Waals surface area contributed by atoms with Gasteiger partial charge in [-0.15, -0.1) is 11.3 Å². The fourth-order valence-electron chi connectivity index (χ4n) is 3.54. The lowest BCUT2D eigenvalue weighted by atomic mass is 10.2. The van der Waals surface area contributed by atoms with Crippen molar-refractivity contribution in [3.05, 3.63) is 63.5 Å². The van der Waals surface area contributed by atoms with E-state index in [1.54, 1.807) is 21.3 Å². The van der Waals surface area contributed by atoms with E-state index in [9.17, 15) is 4.79 Å². The van der Waals surface area contributed by atoms with Crippen molar-refractivity contribution < 1.29 is 0 Å². The number of thiazole rings is 1. The lowest BCUT2D eigenvalue weighted by Gasteiger charge is -2.34. The maximum Gasteiger partial charge on any atom is 0.258 e. The van der Waals surface area contributed by atoms with Gasteiger partial charge in [0.1, 0.15) is 0 Å². The summed E-state index contributed by atoms with van der Waals surface area (Å²) in [6, 6.07) is 9.79. The van der Waals surface area contributed by atoms with Crippen LogP contribution in [0.1, 0.15) is 11.3 Å². The Morgan fingerprint density at radius 1 is 1.10 bits per heavy atom. The molecule has 29 heavy (non-hydrogen) atoms. The summed E-state index contributed by atoms with van der Waals surface area (Å²) in [5.41, 5.74) is 2.94. The summed E-state index contributed by atoms with van der Waals surface area (Å²) in [7, 11) is 0. The van der Waals surface area contributed by atoms with E-state index in [1.807, 2.05) is 17.5 Å². The molecule has 0 atom stereocenters. The predicted molar refractivity (Wildman–Crippen MR) is 111 cm³/mol. The van der Waals surface area contributed by atoms with E-state index < -0.39 is 0 Å². The average molecular weight is 408 g/mol. The van der Waals surface area contributed by atoms with Gasteiger partial charge >= 0.3 is 0 Å². The monoisotopic (exact) mass is 408 g/mol. The summed E-state index contributed by atoms with van der Waals surface area (Å²) in [5, 5.41) is 14.2. The van der Waals surface area contributed by atoms with E-state index in [-0.39, 0.29) is 5.56 Å². The van der Waals surface area contributed by atoms with Gasteiger partial charge in [0.15, 0.2) is 4.96 Å². The largest absolute Gasteiger partial charge is 0.337 e. The maximum absolute atomic E-state index is 12.2. The molecule has 1 aromatic carbocycles. The molecule has 0 spiro atoms. The van der Waals surface area contributed by atoms with Crippen molar-refractivity contribution in [1.82, 2.24) is 34.5 Å². The smallest absolute Gasteiger partial charge is 0.258 e. The van der Waals surface area contributed by atoms with E-state index in [4.69, 9.17) is 0 Å². The van der Waals surface area contributed by atoms with E-state index >= 15 is 0 Å². The van der Waals surface area contributed by atoms with Crippen LogP contribution in [0.4, 0.5) is 5.95 Å². The Labute approximate surface area is 170 Å². The zero-order valence-corrected chi connectivity index (χ0v) is 16.8. The van der Waals surface area contributed by atoms with Gasteiger partial charge in [0, 0.05) is 50.4 Å². The highest BCUT2D eigenvalue weighted by Crippen LogP contribution is 2.18. The molecule has 4 heterocycles. The number of hydrogen-bond donors (Lipinski definition) is 0. The number of aromatic nitrogens is 6. The molecule has 1 saturated heterocycles. The Bertz CT molecular complexity index is 1190. The zero-order valence-electron chi connectivity index (χ0n) is 16.0. The molecule has 3 aromatic heterocycles. The van der Waals surface area contributed by atoms with E-state index in [0.29, 0.717) is 6.54 Å². The first-order chi connectivity index (χ1) is 14.2. The van der Waals surface area contributed by atoms with Crippen LogP contribution in [0, 0.1) is 6.92 Å². The fraction of sp³-hybridized carbons (Fsp3) is 0.316. The number of benzene rings is 1. The van der Waals surface area contributed by atoms with Crippen LogP contribution < -0.4 is 10.5 Å². The minimum absolute atomic E-state index is 0.0258. The predicted octanol–water partition coefficient (Wildman–Crippen LogP) is 1.36. The number of piperazine rings is 1. The van der Waals surface area contributed by atoms with E-state index in [2.05, 4.69) is 49.4 Å². The Morgan fingerprint density at radius 2 is 1.90 bits per heavy atom. The minimum atomic E-state index is -0.0258. The normalized spacial score (nSPS) is 15.3. The topological polar surface area (TPSA) is 84.5 Å². The molecule has 0 radical (unpaired) electrons. The first-order valence-electron chi connectivity index (χ1n) is 9.46. The molecule has 1 fully saturated rings. The van der Waals surface area contributed by atoms with Gasteiger partial charge in [0.2, 0.25) is 5.95 Å². The van der Waals surface area contributed by atoms with Crippen molar-refractivity contribution in [2.75, 3.05) is 31.1 Å². The molecule has 0 saturated carbocycles.